The molecule has 2 heterocycles. The van der Waals surface area contributed by atoms with Crippen molar-refractivity contribution in [1.82, 2.24) is 9.47 Å². The van der Waals surface area contributed by atoms with Crippen LogP contribution in [0.25, 0.3) is 11.1 Å². The maximum absolute atomic E-state index is 12.4. The summed E-state index contributed by atoms with van der Waals surface area (Å²) in [5.74, 6) is -0.479. The molecule has 0 radical (unpaired) electrons. The van der Waals surface area contributed by atoms with Gasteiger partial charge < -0.3 is 9.32 Å². The zero-order chi connectivity index (χ0) is 13.4. The number of hydrogen-bond donors (Lipinski definition) is 0. The molecule has 0 aliphatic carbocycles. The number of nitrogens with zero attached hydrogens (tertiary/aromatic N) is 2. The second-order valence-corrected chi connectivity index (χ2v) is 4.91. The fraction of sp³-hybridized carbons (Fsp3) is 0.429. The van der Waals surface area contributed by atoms with Crippen molar-refractivity contribution in [3.63, 3.8) is 0 Å². The largest absolute Gasteiger partial charge is 0.420 e. The van der Waals surface area contributed by atoms with Crippen LogP contribution < -0.4 is 5.76 Å². The number of benzene rings is 1. The van der Waals surface area contributed by atoms with E-state index in [1.165, 1.54) is 4.57 Å². The van der Waals surface area contributed by atoms with Gasteiger partial charge in [-0.05, 0) is 31.9 Å². The molecule has 5 nitrogen and oxygen atoms in total. The molecule has 0 N–H and O–H groups in total. The Hall–Kier alpha value is -2.04. The highest BCUT2D eigenvalue weighted by Crippen LogP contribution is 2.20. The molecule has 19 heavy (non-hydrogen) atoms. The predicted octanol–water partition coefficient (Wildman–Crippen LogP) is 1.78. The van der Waals surface area contributed by atoms with E-state index in [0.717, 1.165) is 25.9 Å². The maximum atomic E-state index is 12.4. The smallest absolute Gasteiger partial charge is 0.408 e. The molecule has 0 saturated carbocycles. The zero-order valence-corrected chi connectivity index (χ0v) is 10.8. The molecular weight excluding hydrogens is 244 g/mol. The first kappa shape index (κ1) is 12.0. The predicted molar refractivity (Wildman–Crippen MR) is 71.0 cm³/mol. The van der Waals surface area contributed by atoms with Crippen LogP contribution in [-0.4, -0.2) is 28.5 Å². The molecule has 2 aromatic rings. The lowest BCUT2D eigenvalue weighted by molar-refractivity contribution is -0.133. The summed E-state index contributed by atoms with van der Waals surface area (Å²) in [6, 6.07) is 6.66. The van der Waals surface area contributed by atoms with Crippen molar-refractivity contribution < 1.29 is 9.21 Å². The van der Waals surface area contributed by atoms with E-state index in [1.54, 1.807) is 19.1 Å². The van der Waals surface area contributed by atoms with E-state index in [9.17, 15) is 9.59 Å². The second kappa shape index (κ2) is 4.57. The van der Waals surface area contributed by atoms with Gasteiger partial charge in [0.2, 0.25) is 5.91 Å². The van der Waals surface area contributed by atoms with Gasteiger partial charge in [-0.25, -0.2) is 4.79 Å². The third-order valence-corrected chi connectivity index (χ3v) is 3.68. The van der Waals surface area contributed by atoms with Crippen LogP contribution in [0.15, 0.2) is 33.5 Å². The molecule has 5 heteroatoms. The van der Waals surface area contributed by atoms with Crippen LogP contribution in [0.5, 0.6) is 0 Å². The normalized spacial score (nSPS) is 17.0. The van der Waals surface area contributed by atoms with E-state index in [4.69, 9.17) is 4.42 Å². The summed E-state index contributed by atoms with van der Waals surface area (Å²) in [7, 11) is 0. The molecule has 3 rings (SSSR count). The minimum atomic E-state index is -0.519. The standard InChI is InChI=1S/C14H16N2O3/c1-10(13(17)15-8-4-5-9-15)16-11-6-2-3-7-12(11)19-14(16)18/h2-3,6-7,10H,4-5,8-9H2,1H3. The van der Waals surface area contributed by atoms with Crippen molar-refractivity contribution in [2.24, 2.45) is 0 Å². The number of carbonyl (C=O) groups excluding carboxylic acids is 1. The van der Waals surface area contributed by atoms with Crippen molar-refractivity contribution in [3.8, 4) is 0 Å². The van der Waals surface area contributed by atoms with Gasteiger partial charge in [-0.2, -0.15) is 0 Å². The first-order chi connectivity index (χ1) is 9.18. The lowest BCUT2D eigenvalue weighted by Crippen LogP contribution is -2.36. The van der Waals surface area contributed by atoms with Crippen LogP contribution in [0.2, 0.25) is 0 Å². The number of likely N-dealkylation sites (tertiary alicyclic amines) is 1. The molecule has 1 aromatic heterocycles. The Kier molecular flexibility index (Phi) is 2.89. The summed E-state index contributed by atoms with van der Waals surface area (Å²) in [5, 5.41) is 0. The molecule has 1 amide bonds. The Bertz CT molecular complexity index is 665. The van der Waals surface area contributed by atoms with Crippen molar-refractivity contribution >= 4 is 17.0 Å². The molecule has 0 spiro atoms. The third-order valence-electron chi connectivity index (χ3n) is 3.68. The molecule has 1 saturated heterocycles. The maximum Gasteiger partial charge on any atom is 0.420 e. The number of fused-ring (bicyclic) bond motifs is 1. The molecule has 1 fully saturated rings. The third kappa shape index (κ3) is 1.95. The Morgan fingerprint density at radius 1 is 1.26 bits per heavy atom. The number of oxazole rings is 1. The average Bonchev–Trinajstić information content (AvgIpc) is 3.03. The molecule has 1 unspecified atom stereocenters. The van der Waals surface area contributed by atoms with E-state index in [-0.39, 0.29) is 5.91 Å². The summed E-state index contributed by atoms with van der Waals surface area (Å²) < 4.78 is 6.61. The molecule has 1 aliphatic heterocycles. The van der Waals surface area contributed by atoms with Gasteiger partial charge in [0.15, 0.2) is 5.58 Å². The Morgan fingerprint density at radius 2 is 1.95 bits per heavy atom. The van der Waals surface area contributed by atoms with Crippen LogP contribution in [0.3, 0.4) is 0 Å². The number of amides is 1. The van der Waals surface area contributed by atoms with Crippen molar-refractivity contribution in [2.75, 3.05) is 13.1 Å². The summed E-state index contributed by atoms with van der Waals surface area (Å²) in [6.07, 6.45) is 2.08. The van der Waals surface area contributed by atoms with Crippen molar-refractivity contribution in [2.45, 2.75) is 25.8 Å². The molecule has 1 atom stereocenters. The lowest BCUT2D eigenvalue weighted by Gasteiger charge is -2.20. The van der Waals surface area contributed by atoms with E-state index >= 15 is 0 Å². The highest BCUT2D eigenvalue weighted by Gasteiger charge is 2.27. The number of hydrogen-bond acceptors (Lipinski definition) is 3. The van der Waals surface area contributed by atoms with E-state index in [1.807, 2.05) is 17.0 Å². The van der Waals surface area contributed by atoms with Crippen LogP contribution in [0, 0.1) is 0 Å². The molecule has 1 aliphatic rings. The molecule has 100 valence electrons. The summed E-state index contributed by atoms with van der Waals surface area (Å²) in [4.78, 5) is 26.1. The Morgan fingerprint density at radius 3 is 2.68 bits per heavy atom. The molecular formula is C14H16N2O3. The first-order valence-electron chi connectivity index (χ1n) is 6.57. The summed E-state index contributed by atoms with van der Waals surface area (Å²) in [5.41, 5.74) is 1.20. The van der Waals surface area contributed by atoms with Gasteiger partial charge in [0, 0.05) is 13.1 Å². The number of rotatable bonds is 2. The molecule has 0 bridgehead atoms. The number of carbonyl (C=O) groups is 1. The molecule has 1 aromatic carbocycles. The van der Waals surface area contributed by atoms with Crippen molar-refractivity contribution in [1.29, 1.82) is 0 Å². The van der Waals surface area contributed by atoms with Crippen LogP contribution >= 0.6 is 0 Å². The minimum Gasteiger partial charge on any atom is -0.408 e. The Labute approximate surface area is 110 Å². The highest BCUT2D eigenvalue weighted by molar-refractivity contribution is 5.83. The lowest BCUT2D eigenvalue weighted by atomic mass is 10.2. The van der Waals surface area contributed by atoms with Crippen LogP contribution in [0.1, 0.15) is 25.8 Å². The van der Waals surface area contributed by atoms with Gasteiger partial charge in [-0.15, -0.1) is 0 Å². The summed E-state index contributed by atoms with van der Waals surface area (Å²) in [6.45, 7) is 3.32. The first-order valence-corrected chi connectivity index (χ1v) is 6.57. The van der Waals surface area contributed by atoms with Gasteiger partial charge >= 0.3 is 5.76 Å². The average molecular weight is 260 g/mol. The van der Waals surface area contributed by atoms with Crippen LogP contribution in [0.4, 0.5) is 0 Å². The number of para-hydroxylation sites is 2. The van der Waals surface area contributed by atoms with Gasteiger partial charge in [-0.3, -0.25) is 9.36 Å². The van der Waals surface area contributed by atoms with Gasteiger partial charge in [0.1, 0.15) is 6.04 Å². The number of aromatic nitrogens is 1. The topological polar surface area (TPSA) is 55.5 Å². The second-order valence-electron chi connectivity index (χ2n) is 4.91. The summed E-state index contributed by atoms with van der Waals surface area (Å²) >= 11 is 0. The van der Waals surface area contributed by atoms with E-state index in [2.05, 4.69) is 0 Å². The SMILES string of the molecule is CC(C(=O)N1CCCC1)n1c(=O)oc2ccccc21. The zero-order valence-electron chi connectivity index (χ0n) is 10.8. The van der Waals surface area contributed by atoms with Gasteiger partial charge in [-0.1, -0.05) is 12.1 Å². The van der Waals surface area contributed by atoms with E-state index < -0.39 is 11.8 Å². The Balaban J connectivity index is 2.01. The van der Waals surface area contributed by atoms with Gasteiger partial charge in [0.05, 0.1) is 5.52 Å². The van der Waals surface area contributed by atoms with Crippen molar-refractivity contribution in [3.05, 3.63) is 34.8 Å². The fourth-order valence-electron chi connectivity index (χ4n) is 2.66. The monoisotopic (exact) mass is 260 g/mol. The quantitative estimate of drug-likeness (QED) is 0.827. The van der Waals surface area contributed by atoms with Crippen LogP contribution in [-0.2, 0) is 4.79 Å². The minimum absolute atomic E-state index is 0.00819. The van der Waals surface area contributed by atoms with E-state index in [0.29, 0.717) is 11.1 Å². The highest BCUT2D eigenvalue weighted by atomic mass is 16.4. The van der Waals surface area contributed by atoms with Gasteiger partial charge in [0.25, 0.3) is 0 Å². The fourth-order valence-corrected chi connectivity index (χ4v) is 2.66.